The molecule has 1 N–H and O–H groups in total. The first-order valence-corrected chi connectivity index (χ1v) is 4.38. The zero-order chi connectivity index (χ0) is 8.81. The van der Waals surface area contributed by atoms with Crippen LogP contribution in [-0.4, -0.2) is 25.7 Å². The van der Waals surface area contributed by atoms with Crippen LogP contribution >= 0.6 is 0 Å². The van der Waals surface area contributed by atoms with Crippen molar-refractivity contribution in [3.63, 3.8) is 0 Å². The fraction of sp³-hybridized carbons (Fsp3) is 0.667. The predicted octanol–water partition coefficient (Wildman–Crippen LogP) is 0.859. The van der Waals surface area contributed by atoms with Crippen LogP contribution in [0.5, 0.6) is 0 Å². The molecule has 1 rings (SSSR count). The third kappa shape index (κ3) is 3.05. The molecule has 12 heavy (non-hydrogen) atoms. The van der Waals surface area contributed by atoms with Crippen molar-refractivity contribution in [3.8, 4) is 0 Å². The Bertz CT molecular complexity index is 179. The first kappa shape index (κ1) is 9.26. The highest BCUT2D eigenvalue weighted by Crippen LogP contribution is 2.12. The highest BCUT2D eigenvalue weighted by Gasteiger charge is 2.06. The van der Waals surface area contributed by atoms with E-state index in [1.165, 1.54) is 5.57 Å². The molecule has 0 saturated carbocycles. The normalized spacial score (nSPS) is 17.2. The Kier molecular flexibility index (Phi) is 3.80. The summed E-state index contributed by atoms with van der Waals surface area (Å²) < 4.78 is 5.17. The van der Waals surface area contributed by atoms with Gasteiger partial charge in [-0.25, -0.2) is 0 Å². The molecule has 1 aliphatic heterocycles. The molecule has 0 radical (unpaired) electrons. The summed E-state index contributed by atoms with van der Waals surface area (Å²) in [5, 5.41) is 2.74. The van der Waals surface area contributed by atoms with E-state index in [4.69, 9.17) is 4.74 Å². The van der Waals surface area contributed by atoms with Crippen LogP contribution in [0.3, 0.4) is 0 Å². The molecule has 0 aromatic carbocycles. The van der Waals surface area contributed by atoms with E-state index in [1.54, 1.807) is 6.08 Å². The van der Waals surface area contributed by atoms with Crippen molar-refractivity contribution in [1.82, 2.24) is 5.32 Å². The Morgan fingerprint density at radius 2 is 2.25 bits per heavy atom. The lowest BCUT2D eigenvalue weighted by atomic mass is 10.1. The van der Waals surface area contributed by atoms with Gasteiger partial charge in [0.1, 0.15) is 0 Å². The number of ether oxygens (including phenoxy) is 1. The van der Waals surface area contributed by atoms with Crippen LogP contribution in [0.2, 0.25) is 0 Å². The van der Waals surface area contributed by atoms with Crippen molar-refractivity contribution in [2.24, 2.45) is 0 Å². The Morgan fingerprint density at radius 3 is 2.83 bits per heavy atom. The van der Waals surface area contributed by atoms with E-state index in [9.17, 15) is 4.79 Å². The van der Waals surface area contributed by atoms with Gasteiger partial charge in [-0.1, -0.05) is 5.57 Å². The van der Waals surface area contributed by atoms with Gasteiger partial charge in [-0.2, -0.15) is 0 Å². The first-order chi connectivity index (χ1) is 5.83. The average Bonchev–Trinajstić information content (AvgIpc) is 2.06. The van der Waals surface area contributed by atoms with Crippen LogP contribution in [0.15, 0.2) is 11.6 Å². The van der Waals surface area contributed by atoms with Gasteiger partial charge in [0.05, 0.1) is 13.2 Å². The lowest BCUT2D eigenvalue weighted by Crippen LogP contribution is -2.21. The summed E-state index contributed by atoms with van der Waals surface area (Å²) in [4.78, 5) is 11.1. The van der Waals surface area contributed by atoms with Gasteiger partial charge < -0.3 is 10.1 Å². The minimum absolute atomic E-state index is 0.0226. The number of rotatable bonds is 2. The number of amides is 1. The smallest absolute Gasteiger partial charge is 0.243 e. The molecule has 0 unspecified atom stereocenters. The third-order valence-electron chi connectivity index (χ3n) is 1.82. The van der Waals surface area contributed by atoms with E-state index in [0.29, 0.717) is 6.54 Å². The maximum absolute atomic E-state index is 11.1. The summed E-state index contributed by atoms with van der Waals surface area (Å²) in [5.41, 5.74) is 1.20. The zero-order valence-corrected chi connectivity index (χ0v) is 7.43. The van der Waals surface area contributed by atoms with Crippen molar-refractivity contribution in [2.45, 2.75) is 19.8 Å². The van der Waals surface area contributed by atoms with Crippen LogP contribution in [0, 0.1) is 0 Å². The number of carbonyl (C=O) groups excluding carboxylic acids is 1. The molecule has 1 aliphatic rings. The topological polar surface area (TPSA) is 38.3 Å². The summed E-state index contributed by atoms with van der Waals surface area (Å²) in [6, 6.07) is 0. The molecule has 1 saturated heterocycles. The van der Waals surface area contributed by atoms with Crippen LogP contribution < -0.4 is 5.32 Å². The van der Waals surface area contributed by atoms with Gasteiger partial charge in [0.15, 0.2) is 0 Å². The van der Waals surface area contributed by atoms with Crippen molar-refractivity contribution in [3.05, 3.63) is 11.6 Å². The van der Waals surface area contributed by atoms with E-state index in [0.717, 1.165) is 26.1 Å². The van der Waals surface area contributed by atoms with Gasteiger partial charge in [-0.3, -0.25) is 4.79 Å². The molecule has 1 amide bonds. The fourth-order valence-electron chi connectivity index (χ4n) is 1.19. The summed E-state index contributed by atoms with van der Waals surface area (Å²) in [6.45, 7) is 4.12. The summed E-state index contributed by atoms with van der Waals surface area (Å²) in [5.74, 6) is 0.0226. The van der Waals surface area contributed by atoms with Gasteiger partial charge in [-0.05, 0) is 19.8 Å². The average molecular weight is 169 g/mol. The fourth-order valence-corrected chi connectivity index (χ4v) is 1.19. The Hall–Kier alpha value is -0.830. The monoisotopic (exact) mass is 169 g/mol. The number of hydrogen-bond acceptors (Lipinski definition) is 2. The second kappa shape index (κ2) is 4.93. The zero-order valence-electron chi connectivity index (χ0n) is 7.43. The van der Waals surface area contributed by atoms with Crippen molar-refractivity contribution < 1.29 is 9.53 Å². The predicted molar refractivity (Wildman–Crippen MR) is 46.8 cm³/mol. The molecule has 0 aromatic heterocycles. The molecule has 0 bridgehead atoms. The van der Waals surface area contributed by atoms with Gasteiger partial charge in [0.25, 0.3) is 0 Å². The molecule has 1 heterocycles. The van der Waals surface area contributed by atoms with Gasteiger partial charge in [0, 0.05) is 12.6 Å². The van der Waals surface area contributed by atoms with Crippen molar-refractivity contribution in [1.29, 1.82) is 0 Å². The van der Waals surface area contributed by atoms with Crippen molar-refractivity contribution >= 4 is 5.91 Å². The summed E-state index contributed by atoms with van der Waals surface area (Å²) in [6.07, 6.45) is 3.50. The van der Waals surface area contributed by atoms with Crippen LogP contribution in [-0.2, 0) is 9.53 Å². The number of hydrogen-bond donors (Lipinski definition) is 1. The maximum atomic E-state index is 11.1. The van der Waals surface area contributed by atoms with Gasteiger partial charge >= 0.3 is 0 Å². The van der Waals surface area contributed by atoms with Crippen molar-refractivity contribution in [2.75, 3.05) is 19.8 Å². The molecule has 68 valence electrons. The van der Waals surface area contributed by atoms with E-state index >= 15 is 0 Å². The molecule has 0 spiro atoms. The van der Waals surface area contributed by atoms with Crippen LogP contribution in [0.1, 0.15) is 19.8 Å². The third-order valence-corrected chi connectivity index (χ3v) is 1.82. The standard InChI is InChI=1S/C9H15NO2/c1-2-10-9(11)7-8-3-5-12-6-4-8/h7H,2-6H2,1H3,(H,10,11). The quantitative estimate of drug-likeness (QED) is 0.623. The largest absolute Gasteiger partial charge is 0.381 e. The Labute approximate surface area is 72.8 Å². The van der Waals surface area contributed by atoms with Crippen LogP contribution in [0.25, 0.3) is 0 Å². The van der Waals surface area contributed by atoms with Gasteiger partial charge in [0.2, 0.25) is 5.91 Å². The van der Waals surface area contributed by atoms with E-state index in [2.05, 4.69) is 5.32 Å². The van der Waals surface area contributed by atoms with E-state index in [-0.39, 0.29) is 5.91 Å². The molecule has 0 atom stereocenters. The summed E-state index contributed by atoms with van der Waals surface area (Å²) >= 11 is 0. The maximum Gasteiger partial charge on any atom is 0.243 e. The summed E-state index contributed by atoms with van der Waals surface area (Å²) in [7, 11) is 0. The molecular weight excluding hydrogens is 154 g/mol. The molecular formula is C9H15NO2. The Balaban J connectivity index is 2.37. The highest BCUT2D eigenvalue weighted by molar-refractivity contribution is 5.88. The van der Waals surface area contributed by atoms with E-state index < -0.39 is 0 Å². The molecule has 3 nitrogen and oxygen atoms in total. The van der Waals surface area contributed by atoms with Gasteiger partial charge in [-0.15, -0.1) is 0 Å². The second-order valence-electron chi connectivity index (χ2n) is 2.81. The SMILES string of the molecule is CCNC(=O)C=C1CCOCC1. The lowest BCUT2D eigenvalue weighted by Gasteiger charge is -2.13. The minimum Gasteiger partial charge on any atom is -0.381 e. The number of likely N-dealkylation sites (N-methyl/N-ethyl adjacent to an activating group) is 1. The second-order valence-corrected chi connectivity index (χ2v) is 2.81. The number of carbonyl (C=O) groups is 1. The minimum atomic E-state index is 0.0226. The molecule has 3 heteroatoms. The first-order valence-electron chi connectivity index (χ1n) is 4.38. The van der Waals surface area contributed by atoms with Crippen LogP contribution in [0.4, 0.5) is 0 Å². The Morgan fingerprint density at radius 1 is 1.58 bits per heavy atom. The molecule has 0 aliphatic carbocycles. The number of nitrogens with one attached hydrogen (secondary N) is 1. The molecule has 0 aromatic rings. The highest BCUT2D eigenvalue weighted by atomic mass is 16.5. The lowest BCUT2D eigenvalue weighted by molar-refractivity contribution is -0.116. The van der Waals surface area contributed by atoms with E-state index in [1.807, 2.05) is 6.92 Å². The molecule has 1 fully saturated rings.